The van der Waals surface area contributed by atoms with E-state index in [-0.39, 0.29) is 5.82 Å². The maximum Gasteiger partial charge on any atom is 0.123 e. The summed E-state index contributed by atoms with van der Waals surface area (Å²) in [7, 11) is 0. The Balaban J connectivity index is 2.15. The minimum atomic E-state index is -0.225. The van der Waals surface area contributed by atoms with Crippen molar-refractivity contribution in [2.24, 2.45) is 0 Å². The maximum absolute atomic E-state index is 13.0. The van der Waals surface area contributed by atoms with E-state index in [0.29, 0.717) is 0 Å². The minimum absolute atomic E-state index is 0.225. The van der Waals surface area contributed by atoms with E-state index in [1.807, 2.05) is 25.1 Å². The Morgan fingerprint density at radius 1 is 0.895 bits per heavy atom. The molecule has 0 unspecified atom stereocenters. The molecule has 0 atom stereocenters. The van der Waals surface area contributed by atoms with E-state index in [1.165, 1.54) is 12.1 Å². The largest absolute Gasteiger partial charge is 0.241 e. The summed E-state index contributed by atoms with van der Waals surface area (Å²) in [5.74, 6) is -0.225. The van der Waals surface area contributed by atoms with Crippen molar-refractivity contribution in [2.75, 3.05) is 0 Å². The molecule has 3 aromatic rings. The number of hydrogen-bond acceptors (Lipinski definition) is 2. The van der Waals surface area contributed by atoms with Gasteiger partial charge in [0.25, 0.3) is 0 Å². The molecule has 3 rings (SSSR count). The normalized spacial score (nSPS) is 10.6. The Bertz CT molecular complexity index is 687. The molecule has 0 aliphatic heterocycles. The number of thiazole rings is 1. The van der Waals surface area contributed by atoms with Crippen LogP contribution in [0.25, 0.3) is 21.7 Å². The Kier molecular flexibility index (Phi) is 3.13. The third kappa shape index (κ3) is 2.42. The van der Waals surface area contributed by atoms with Crippen molar-refractivity contribution in [3.8, 4) is 21.7 Å². The summed E-state index contributed by atoms with van der Waals surface area (Å²) in [6, 6.07) is 16.6. The van der Waals surface area contributed by atoms with E-state index in [2.05, 4.69) is 17.1 Å². The number of aryl methyl sites for hydroxylation is 1. The molecule has 0 radical (unpaired) electrons. The van der Waals surface area contributed by atoms with Crippen LogP contribution in [0.2, 0.25) is 0 Å². The molecule has 2 aromatic carbocycles. The fraction of sp³-hybridized carbons (Fsp3) is 0.0625. The monoisotopic (exact) mass is 269 g/mol. The Morgan fingerprint density at radius 2 is 1.58 bits per heavy atom. The molecule has 0 saturated carbocycles. The number of aromatic nitrogens is 1. The Hall–Kier alpha value is -2.00. The predicted molar refractivity (Wildman–Crippen MR) is 77.7 cm³/mol. The number of rotatable bonds is 2. The molecule has 0 amide bonds. The number of benzene rings is 2. The summed E-state index contributed by atoms with van der Waals surface area (Å²) in [6.45, 7) is 1.99. The summed E-state index contributed by atoms with van der Waals surface area (Å²) in [6.07, 6.45) is 0. The highest BCUT2D eigenvalue weighted by molar-refractivity contribution is 7.15. The summed E-state index contributed by atoms with van der Waals surface area (Å²) in [5.41, 5.74) is 3.02. The van der Waals surface area contributed by atoms with E-state index in [0.717, 1.165) is 26.7 Å². The summed E-state index contributed by atoms with van der Waals surface area (Å²) in [4.78, 5) is 5.71. The van der Waals surface area contributed by atoms with Gasteiger partial charge in [0, 0.05) is 5.56 Å². The highest BCUT2D eigenvalue weighted by Gasteiger charge is 2.12. The molecule has 3 heteroatoms. The first kappa shape index (κ1) is 12.1. The lowest BCUT2D eigenvalue weighted by molar-refractivity contribution is 0.628. The third-order valence-corrected chi connectivity index (χ3v) is 3.91. The Labute approximate surface area is 115 Å². The van der Waals surface area contributed by atoms with Crippen LogP contribution < -0.4 is 0 Å². The van der Waals surface area contributed by atoms with Crippen molar-refractivity contribution in [1.29, 1.82) is 0 Å². The maximum atomic E-state index is 13.0. The molecule has 0 bridgehead atoms. The summed E-state index contributed by atoms with van der Waals surface area (Å²) in [5, 5.41) is 1.01. The molecule has 0 spiro atoms. The first-order valence-corrected chi connectivity index (χ1v) is 6.84. The van der Waals surface area contributed by atoms with E-state index in [4.69, 9.17) is 0 Å². The molecule has 1 aromatic heterocycles. The van der Waals surface area contributed by atoms with Gasteiger partial charge >= 0.3 is 0 Å². The highest BCUT2D eigenvalue weighted by Crippen LogP contribution is 2.36. The molecule has 19 heavy (non-hydrogen) atoms. The van der Waals surface area contributed by atoms with Gasteiger partial charge in [0.05, 0.1) is 15.6 Å². The molecule has 1 heterocycles. The quantitative estimate of drug-likeness (QED) is 0.643. The van der Waals surface area contributed by atoms with Crippen molar-refractivity contribution in [2.45, 2.75) is 6.92 Å². The zero-order valence-corrected chi connectivity index (χ0v) is 11.2. The third-order valence-electron chi connectivity index (χ3n) is 2.89. The number of nitrogens with zero attached hydrogens (tertiary/aromatic N) is 1. The fourth-order valence-electron chi connectivity index (χ4n) is 2.02. The van der Waals surface area contributed by atoms with Crippen LogP contribution in [0, 0.1) is 12.7 Å². The zero-order chi connectivity index (χ0) is 13.2. The summed E-state index contributed by atoms with van der Waals surface area (Å²) < 4.78 is 13.0. The molecule has 0 aliphatic carbocycles. The van der Waals surface area contributed by atoms with E-state index in [1.54, 1.807) is 23.5 Å². The number of hydrogen-bond donors (Lipinski definition) is 0. The second kappa shape index (κ2) is 4.94. The van der Waals surface area contributed by atoms with Crippen molar-refractivity contribution in [1.82, 2.24) is 4.98 Å². The summed E-state index contributed by atoms with van der Waals surface area (Å²) >= 11 is 1.66. The lowest BCUT2D eigenvalue weighted by atomic mass is 10.1. The lowest BCUT2D eigenvalue weighted by Crippen LogP contribution is -1.83. The molecular formula is C16H12FNS. The van der Waals surface area contributed by atoms with Crippen LogP contribution >= 0.6 is 11.3 Å². The molecule has 0 aliphatic rings. The van der Waals surface area contributed by atoms with Gasteiger partial charge in [0.15, 0.2) is 0 Å². The van der Waals surface area contributed by atoms with Crippen LogP contribution in [0.1, 0.15) is 5.01 Å². The van der Waals surface area contributed by atoms with Crippen LogP contribution in [0.15, 0.2) is 54.6 Å². The van der Waals surface area contributed by atoms with Crippen LogP contribution in [0.3, 0.4) is 0 Å². The SMILES string of the molecule is Cc1nc(-c2ccc(F)cc2)c(-c2ccccc2)s1. The Morgan fingerprint density at radius 3 is 2.26 bits per heavy atom. The number of halogens is 1. The van der Waals surface area contributed by atoms with Crippen LogP contribution in [-0.4, -0.2) is 4.98 Å². The van der Waals surface area contributed by atoms with Crippen molar-refractivity contribution < 1.29 is 4.39 Å². The topological polar surface area (TPSA) is 12.9 Å². The molecule has 0 saturated heterocycles. The van der Waals surface area contributed by atoms with Gasteiger partial charge in [0.2, 0.25) is 0 Å². The van der Waals surface area contributed by atoms with E-state index in [9.17, 15) is 4.39 Å². The van der Waals surface area contributed by atoms with Crippen LogP contribution in [0.5, 0.6) is 0 Å². The smallest absolute Gasteiger partial charge is 0.123 e. The van der Waals surface area contributed by atoms with Crippen molar-refractivity contribution in [3.63, 3.8) is 0 Å². The van der Waals surface area contributed by atoms with Gasteiger partial charge in [-0.05, 0) is 36.8 Å². The average molecular weight is 269 g/mol. The average Bonchev–Trinajstić information content (AvgIpc) is 2.83. The molecule has 1 nitrogen and oxygen atoms in total. The van der Waals surface area contributed by atoms with Gasteiger partial charge in [-0.25, -0.2) is 9.37 Å². The lowest BCUT2D eigenvalue weighted by Gasteiger charge is -2.02. The fourth-order valence-corrected chi connectivity index (χ4v) is 2.96. The standard InChI is InChI=1S/C16H12FNS/c1-11-18-15(12-7-9-14(17)10-8-12)16(19-11)13-5-3-2-4-6-13/h2-10H,1H3. The van der Waals surface area contributed by atoms with Crippen molar-refractivity contribution in [3.05, 3.63) is 65.4 Å². The van der Waals surface area contributed by atoms with Gasteiger partial charge in [-0.1, -0.05) is 30.3 Å². The zero-order valence-electron chi connectivity index (χ0n) is 10.4. The predicted octanol–water partition coefficient (Wildman–Crippen LogP) is 4.92. The highest BCUT2D eigenvalue weighted by atomic mass is 32.1. The van der Waals surface area contributed by atoms with Crippen LogP contribution in [0.4, 0.5) is 4.39 Å². The van der Waals surface area contributed by atoms with E-state index >= 15 is 0 Å². The first-order chi connectivity index (χ1) is 9.24. The second-order valence-corrected chi connectivity index (χ2v) is 5.49. The minimum Gasteiger partial charge on any atom is -0.241 e. The van der Waals surface area contributed by atoms with Crippen LogP contribution in [-0.2, 0) is 0 Å². The molecule has 0 N–H and O–H groups in total. The van der Waals surface area contributed by atoms with E-state index < -0.39 is 0 Å². The second-order valence-electron chi connectivity index (χ2n) is 4.28. The van der Waals surface area contributed by atoms with Gasteiger partial charge in [-0.3, -0.25) is 0 Å². The van der Waals surface area contributed by atoms with Gasteiger partial charge < -0.3 is 0 Å². The van der Waals surface area contributed by atoms with Gasteiger partial charge in [0.1, 0.15) is 5.82 Å². The first-order valence-electron chi connectivity index (χ1n) is 6.03. The molecule has 94 valence electrons. The molecule has 0 fully saturated rings. The molecular weight excluding hydrogens is 257 g/mol. The van der Waals surface area contributed by atoms with Gasteiger partial charge in [-0.15, -0.1) is 11.3 Å². The van der Waals surface area contributed by atoms with Gasteiger partial charge in [-0.2, -0.15) is 0 Å². The van der Waals surface area contributed by atoms with Crippen molar-refractivity contribution >= 4 is 11.3 Å².